The van der Waals surface area contributed by atoms with Crippen LogP contribution in [0.3, 0.4) is 0 Å². The lowest BCUT2D eigenvalue weighted by molar-refractivity contribution is -0.153. The smallest absolute Gasteiger partial charge is 0.355 e. The van der Waals surface area contributed by atoms with Gasteiger partial charge < -0.3 is 19.8 Å². The lowest BCUT2D eigenvalue weighted by Crippen LogP contribution is -2.30. The average Bonchev–Trinajstić information content (AvgIpc) is 3.21. The molecule has 2 N–H and O–H groups in total. The number of carbonyl (C=O) groups is 2. The molecule has 0 radical (unpaired) electrons. The van der Waals surface area contributed by atoms with Gasteiger partial charge in [-0.15, -0.1) is 0 Å². The zero-order valence-corrected chi connectivity index (χ0v) is 12.5. The van der Waals surface area contributed by atoms with Crippen molar-refractivity contribution >= 4 is 17.6 Å². The number of anilines is 1. The number of esters is 2. The number of nitrogen functional groups attached to an aromatic ring is 1. The highest BCUT2D eigenvalue weighted by Gasteiger charge is 2.30. The molecule has 21 heavy (non-hydrogen) atoms. The molecule has 6 heteroatoms. The van der Waals surface area contributed by atoms with Gasteiger partial charge in [-0.3, -0.25) is 0 Å². The predicted molar refractivity (Wildman–Crippen MR) is 77.9 cm³/mol. The van der Waals surface area contributed by atoms with Crippen molar-refractivity contribution in [3.05, 3.63) is 18.0 Å². The topological polar surface area (TPSA) is 83.5 Å². The number of aromatic nitrogens is 1. The van der Waals surface area contributed by atoms with Crippen molar-refractivity contribution in [2.75, 3.05) is 12.3 Å². The molecular weight excluding hydrogens is 272 g/mol. The molecule has 0 saturated heterocycles. The van der Waals surface area contributed by atoms with Gasteiger partial charge in [0.25, 0.3) is 0 Å². The predicted octanol–water partition coefficient (Wildman–Crippen LogP) is 2.29. The fourth-order valence-corrected chi connectivity index (χ4v) is 2.23. The first-order valence-electron chi connectivity index (χ1n) is 7.41. The Bertz CT molecular complexity index is 520. The third-order valence-electron chi connectivity index (χ3n) is 3.37. The number of hydrogen-bond donors (Lipinski definition) is 1. The number of carbonyl (C=O) groups excluding carboxylic acids is 2. The molecule has 6 nitrogen and oxygen atoms in total. The Labute approximate surface area is 124 Å². The van der Waals surface area contributed by atoms with Crippen molar-refractivity contribution in [3.8, 4) is 0 Å². The fourth-order valence-electron chi connectivity index (χ4n) is 2.23. The number of rotatable bonds is 7. The maximum atomic E-state index is 12.3. The Morgan fingerprint density at radius 1 is 1.43 bits per heavy atom. The minimum atomic E-state index is -0.855. The van der Waals surface area contributed by atoms with Crippen LogP contribution in [0.15, 0.2) is 12.3 Å². The summed E-state index contributed by atoms with van der Waals surface area (Å²) in [5.74, 6) is -1.02. The summed E-state index contributed by atoms with van der Waals surface area (Å²) < 4.78 is 12.1. The number of hydrogen-bond acceptors (Lipinski definition) is 5. The molecule has 0 aromatic carbocycles. The van der Waals surface area contributed by atoms with Crippen LogP contribution in [0.5, 0.6) is 0 Å². The lowest BCUT2D eigenvalue weighted by Gasteiger charge is -2.16. The van der Waals surface area contributed by atoms with Crippen LogP contribution < -0.4 is 5.73 Å². The van der Waals surface area contributed by atoms with Gasteiger partial charge in [0, 0.05) is 12.2 Å². The first-order valence-corrected chi connectivity index (χ1v) is 7.41. The van der Waals surface area contributed by atoms with E-state index >= 15 is 0 Å². The zero-order chi connectivity index (χ0) is 15.4. The van der Waals surface area contributed by atoms with E-state index < -0.39 is 18.0 Å². The normalized spacial score (nSPS) is 15.5. The third kappa shape index (κ3) is 3.77. The summed E-state index contributed by atoms with van der Waals surface area (Å²) in [7, 11) is 0. The summed E-state index contributed by atoms with van der Waals surface area (Å²) in [6.45, 7) is 3.91. The van der Waals surface area contributed by atoms with Crippen molar-refractivity contribution in [1.29, 1.82) is 0 Å². The van der Waals surface area contributed by atoms with E-state index in [2.05, 4.69) is 0 Å². The van der Waals surface area contributed by atoms with Crippen molar-refractivity contribution in [2.24, 2.45) is 0 Å². The molecule has 0 spiro atoms. The second kappa shape index (κ2) is 6.65. The molecule has 1 unspecified atom stereocenters. The number of ether oxygens (including phenoxy) is 2. The van der Waals surface area contributed by atoms with Crippen molar-refractivity contribution in [2.45, 2.75) is 51.7 Å². The maximum absolute atomic E-state index is 12.3. The first kappa shape index (κ1) is 15.4. The molecule has 1 aliphatic rings. The van der Waals surface area contributed by atoms with Gasteiger partial charge in [-0.05, 0) is 32.3 Å². The number of nitrogens with zero attached hydrogens (tertiary/aromatic N) is 1. The quantitative estimate of drug-likeness (QED) is 0.780. The van der Waals surface area contributed by atoms with Crippen LogP contribution in [0, 0.1) is 0 Å². The zero-order valence-electron chi connectivity index (χ0n) is 12.5. The summed E-state index contributed by atoms with van der Waals surface area (Å²) in [5, 5.41) is 0. The molecule has 1 saturated carbocycles. The van der Waals surface area contributed by atoms with E-state index in [-0.39, 0.29) is 6.61 Å². The molecule has 1 heterocycles. The van der Waals surface area contributed by atoms with E-state index in [1.165, 1.54) is 0 Å². The lowest BCUT2D eigenvalue weighted by atomic mass is 10.2. The summed E-state index contributed by atoms with van der Waals surface area (Å²) >= 11 is 0. The summed E-state index contributed by atoms with van der Waals surface area (Å²) in [4.78, 5) is 24.1. The molecule has 1 fully saturated rings. The highest BCUT2D eigenvalue weighted by Crippen LogP contribution is 2.37. The number of nitrogens with two attached hydrogens (primary N) is 1. The molecule has 1 aliphatic carbocycles. The van der Waals surface area contributed by atoms with Gasteiger partial charge in [0.15, 0.2) is 6.10 Å². The molecule has 0 aliphatic heterocycles. The first-order chi connectivity index (χ1) is 10.1. The van der Waals surface area contributed by atoms with Gasteiger partial charge in [0.05, 0.1) is 12.3 Å². The van der Waals surface area contributed by atoms with Crippen LogP contribution in [0.2, 0.25) is 0 Å². The van der Waals surface area contributed by atoms with E-state index in [1.807, 2.05) is 11.5 Å². The summed E-state index contributed by atoms with van der Waals surface area (Å²) in [5.41, 5.74) is 6.69. The van der Waals surface area contributed by atoms with Crippen molar-refractivity contribution < 1.29 is 19.1 Å². The molecule has 1 aromatic heterocycles. The Kier molecular flexibility index (Phi) is 4.88. The van der Waals surface area contributed by atoms with Crippen LogP contribution in [0.4, 0.5) is 5.69 Å². The summed E-state index contributed by atoms with van der Waals surface area (Å²) in [6.07, 6.45) is 4.13. The SMILES string of the molecule is CCCC(OC(=O)c1cc(N)cn1C1CC1)C(=O)OCC. The van der Waals surface area contributed by atoms with Crippen molar-refractivity contribution in [3.63, 3.8) is 0 Å². The van der Waals surface area contributed by atoms with Gasteiger partial charge >= 0.3 is 11.9 Å². The van der Waals surface area contributed by atoms with E-state index in [0.29, 0.717) is 23.8 Å². The van der Waals surface area contributed by atoms with Gasteiger partial charge in [-0.2, -0.15) is 0 Å². The summed E-state index contributed by atoms with van der Waals surface area (Å²) in [6, 6.07) is 1.91. The molecule has 0 amide bonds. The van der Waals surface area contributed by atoms with E-state index in [4.69, 9.17) is 15.2 Å². The largest absolute Gasteiger partial charge is 0.463 e. The van der Waals surface area contributed by atoms with Gasteiger partial charge in [0.2, 0.25) is 0 Å². The van der Waals surface area contributed by atoms with E-state index in [0.717, 1.165) is 19.3 Å². The molecule has 1 aromatic rings. The molecule has 116 valence electrons. The highest BCUT2D eigenvalue weighted by molar-refractivity contribution is 5.91. The Morgan fingerprint density at radius 3 is 2.71 bits per heavy atom. The molecule has 0 bridgehead atoms. The average molecular weight is 294 g/mol. The standard InChI is InChI=1S/C15H22N2O4/c1-3-5-13(15(19)20-4-2)21-14(18)12-8-10(16)9-17(12)11-6-7-11/h8-9,11,13H,3-7,16H2,1-2H3. The van der Waals surface area contributed by atoms with Gasteiger partial charge in [0.1, 0.15) is 5.69 Å². The molecule has 2 rings (SSSR count). The van der Waals surface area contributed by atoms with Gasteiger partial charge in [-0.1, -0.05) is 13.3 Å². The van der Waals surface area contributed by atoms with Crippen LogP contribution in [-0.2, 0) is 14.3 Å². The Balaban J connectivity index is 2.09. The second-order valence-corrected chi connectivity index (χ2v) is 5.23. The molecular formula is C15H22N2O4. The second-order valence-electron chi connectivity index (χ2n) is 5.23. The van der Waals surface area contributed by atoms with Crippen molar-refractivity contribution in [1.82, 2.24) is 4.57 Å². The monoisotopic (exact) mass is 294 g/mol. The third-order valence-corrected chi connectivity index (χ3v) is 3.37. The minimum Gasteiger partial charge on any atom is -0.463 e. The van der Waals surface area contributed by atoms with Crippen LogP contribution >= 0.6 is 0 Å². The Hall–Kier alpha value is -1.98. The Morgan fingerprint density at radius 2 is 2.14 bits per heavy atom. The van der Waals surface area contributed by atoms with Crippen LogP contribution in [0.1, 0.15) is 56.1 Å². The minimum absolute atomic E-state index is 0.266. The van der Waals surface area contributed by atoms with E-state index in [9.17, 15) is 9.59 Å². The van der Waals surface area contributed by atoms with Crippen LogP contribution in [0.25, 0.3) is 0 Å². The highest BCUT2D eigenvalue weighted by atomic mass is 16.6. The maximum Gasteiger partial charge on any atom is 0.355 e. The van der Waals surface area contributed by atoms with Gasteiger partial charge in [-0.25, -0.2) is 9.59 Å². The fraction of sp³-hybridized carbons (Fsp3) is 0.600. The van der Waals surface area contributed by atoms with E-state index in [1.54, 1.807) is 19.2 Å². The molecule has 1 atom stereocenters. The van der Waals surface area contributed by atoms with Crippen LogP contribution in [-0.4, -0.2) is 29.2 Å².